The number of nitrogens with zero attached hydrogens (tertiary/aromatic N) is 1. The van der Waals surface area contributed by atoms with Gasteiger partial charge in [0.25, 0.3) is 0 Å². The van der Waals surface area contributed by atoms with Gasteiger partial charge in [0, 0.05) is 0 Å². The second kappa shape index (κ2) is 3.24. The lowest BCUT2D eigenvalue weighted by atomic mass is 9.61. The van der Waals surface area contributed by atoms with E-state index in [-0.39, 0.29) is 5.41 Å². The average molecular weight is 195 g/mol. The molecule has 0 spiro atoms. The Hall–Kier alpha value is -0.550. The topological polar surface area (TPSA) is 44.0 Å². The summed E-state index contributed by atoms with van der Waals surface area (Å²) >= 11 is 0. The predicted molar refractivity (Wildman–Crippen MR) is 56.6 cm³/mol. The molecule has 1 fully saturated rings. The molecule has 0 bridgehead atoms. The molecule has 80 valence electrons. The molecule has 1 rings (SSSR count). The predicted octanol–water partition coefficient (Wildman–Crippen LogP) is 2.87. The molecule has 0 aromatic carbocycles. The minimum absolute atomic E-state index is 0.168. The molecular formula is C12H21NO. The lowest BCUT2D eigenvalue weighted by Crippen LogP contribution is -2.49. The summed E-state index contributed by atoms with van der Waals surface area (Å²) in [6, 6.07) is 2.24. The van der Waals surface area contributed by atoms with E-state index in [4.69, 9.17) is 5.26 Å². The summed E-state index contributed by atoms with van der Waals surface area (Å²) in [6.07, 6.45) is 3.67. The fraction of sp³-hybridized carbons (Fsp3) is 0.917. The largest absolute Gasteiger partial charge is 0.388 e. The SMILES string of the molecule is CC1(C)CCCC(O)(C(C)(C)C#N)C1. The first-order valence-electron chi connectivity index (χ1n) is 5.36. The van der Waals surface area contributed by atoms with Gasteiger partial charge in [-0.05, 0) is 38.5 Å². The molecule has 0 amide bonds. The van der Waals surface area contributed by atoms with Gasteiger partial charge in [0.15, 0.2) is 0 Å². The van der Waals surface area contributed by atoms with Crippen LogP contribution in [0.5, 0.6) is 0 Å². The van der Waals surface area contributed by atoms with Crippen LogP contribution < -0.4 is 0 Å². The van der Waals surface area contributed by atoms with Gasteiger partial charge >= 0.3 is 0 Å². The molecule has 1 atom stereocenters. The molecule has 1 N–H and O–H groups in total. The highest BCUT2D eigenvalue weighted by atomic mass is 16.3. The minimum atomic E-state index is -0.802. The highest BCUT2D eigenvalue weighted by molar-refractivity contribution is 5.09. The Labute approximate surface area is 86.9 Å². The first-order valence-corrected chi connectivity index (χ1v) is 5.36. The van der Waals surface area contributed by atoms with Crippen molar-refractivity contribution in [3.8, 4) is 6.07 Å². The molecule has 0 saturated heterocycles. The second-order valence-electron chi connectivity index (χ2n) is 5.96. The first-order chi connectivity index (χ1) is 6.22. The van der Waals surface area contributed by atoms with Crippen molar-refractivity contribution >= 4 is 0 Å². The fourth-order valence-electron chi connectivity index (χ4n) is 2.47. The zero-order chi connectivity index (χ0) is 11.0. The van der Waals surface area contributed by atoms with E-state index in [9.17, 15) is 5.11 Å². The van der Waals surface area contributed by atoms with E-state index < -0.39 is 11.0 Å². The summed E-state index contributed by atoms with van der Waals surface area (Å²) in [7, 11) is 0. The van der Waals surface area contributed by atoms with Crippen LogP contribution in [0.3, 0.4) is 0 Å². The summed E-state index contributed by atoms with van der Waals surface area (Å²) in [5.41, 5.74) is -1.27. The molecule has 14 heavy (non-hydrogen) atoms. The van der Waals surface area contributed by atoms with Crippen molar-refractivity contribution in [2.24, 2.45) is 10.8 Å². The molecule has 1 unspecified atom stereocenters. The van der Waals surface area contributed by atoms with Crippen molar-refractivity contribution in [3.63, 3.8) is 0 Å². The van der Waals surface area contributed by atoms with Gasteiger partial charge in [0.05, 0.1) is 17.1 Å². The summed E-state index contributed by atoms with van der Waals surface area (Å²) in [5, 5.41) is 19.6. The quantitative estimate of drug-likeness (QED) is 0.699. The van der Waals surface area contributed by atoms with Crippen molar-refractivity contribution in [1.82, 2.24) is 0 Å². The van der Waals surface area contributed by atoms with E-state index in [1.54, 1.807) is 0 Å². The molecule has 1 saturated carbocycles. The lowest BCUT2D eigenvalue weighted by Gasteiger charge is -2.47. The Balaban J connectivity index is 2.91. The van der Waals surface area contributed by atoms with Gasteiger partial charge in [-0.15, -0.1) is 0 Å². The van der Waals surface area contributed by atoms with Gasteiger partial charge in [0.2, 0.25) is 0 Å². The van der Waals surface area contributed by atoms with Gasteiger partial charge in [0.1, 0.15) is 0 Å². The Bertz CT molecular complexity index is 262. The zero-order valence-corrected chi connectivity index (χ0v) is 9.72. The standard InChI is InChI=1S/C12H21NO/c1-10(2)6-5-7-12(14,8-10)11(3,4)9-13/h14H,5-8H2,1-4H3. The van der Waals surface area contributed by atoms with Gasteiger partial charge in [-0.3, -0.25) is 0 Å². The smallest absolute Gasteiger partial charge is 0.0833 e. The number of hydrogen-bond donors (Lipinski definition) is 1. The van der Waals surface area contributed by atoms with Gasteiger partial charge < -0.3 is 5.11 Å². The molecule has 2 heteroatoms. The third-order valence-corrected chi connectivity index (χ3v) is 3.66. The van der Waals surface area contributed by atoms with Crippen LogP contribution in [-0.4, -0.2) is 10.7 Å². The highest BCUT2D eigenvalue weighted by Crippen LogP contribution is 2.48. The summed E-state index contributed by atoms with van der Waals surface area (Å²) in [5.74, 6) is 0. The van der Waals surface area contributed by atoms with E-state index in [2.05, 4.69) is 19.9 Å². The van der Waals surface area contributed by atoms with Crippen LogP contribution in [0.2, 0.25) is 0 Å². The van der Waals surface area contributed by atoms with Crippen LogP contribution in [0.4, 0.5) is 0 Å². The molecule has 0 radical (unpaired) electrons. The first kappa shape index (κ1) is 11.5. The number of nitriles is 1. The van der Waals surface area contributed by atoms with Crippen LogP contribution in [-0.2, 0) is 0 Å². The third-order valence-electron chi connectivity index (χ3n) is 3.66. The summed E-state index contributed by atoms with van der Waals surface area (Å²) in [4.78, 5) is 0. The third kappa shape index (κ3) is 1.93. The van der Waals surface area contributed by atoms with Crippen molar-refractivity contribution < 1.29 is 5.11 Å². The summed E-state index contributed by atoms with van der Waals surface area (Å²) in [6.45, 7) is 8.03. The van der Waals surface area contributed by atoms with Crippen LogP contribution >= 0.6 is 0 Å². The molecule has 1 aliphatic carbocycles. The highest BCUT2D eigenvalue weighted by Gasteiger charge is 2.48. The van der Waals surface area contributed by atoms with Crippen molar-refractivity contribution in [3.05, 3.63) is 0 Å². The van der Waals surface area contributed by atoms with Crippen molar-refractivity contribution in [2.45, 2.75) is 59.0 Å². The van der Waals surface area contributed by atoms with E-state index in [0.29, 0.717) is 0 Å². The average Bonchev–Trinajstić information content (AvgIpc) is 2.01. The molecule has 1 aliphatic rings. The monoisotopic (exact) mass is 195 g/mol. The van der Waals surface area contributed by atoms with Gasteiger partial charge in [-0.1, -0.05) is 20.3 Å². The normalized spacial score (nSPS) is 32.3. The maximum absolute atomic E-state index is 10.5. The van der Waals surface area contributed by atoms with Gasteiger partial charge in [-0.25, -0.2) is 0 Å². The Kier molecular flexibility index (Phi) is 2.67. The maximum atomic E-state index is 10.5. The Morgan fingerprint density at radius 3 is 2.29 bits per heavy atom. The van der Waals surface area contributed by atoms with E-state index >= 15 is 0 Å². The number of rotatable bonds is 1. The Morgan fingerprint density at radius 2 is 1.86 bits per heavy atom. The minimum Gasteiger partial charge on any atom is -0.388 e. The fourth-order valence-corrected chi connectivity index (χ4v) is 2.47. The van der Waals surface area contributed by atoms with Gasteiger partial charge in [-0.2, -0.15) is 5.26 Å². The molecular weight excluding hydrogens is 174 g/mol. The lowest BCUT2D eigenvalue weighted by molar-refractivity contribution is -0.0990. The molecule has 0 heterocycles. The van der Waals surface area contributed by atoms with Crippen LogP contribution in [0.25, 0.3) is 0 Å². The van der Waals surface area contributed by atoms with Crippen LogP contribution in [0, 0.1) is 22.2 Å². The van der Waals surface area contributed by atoms with Crippen LogP contribution in [0.1, 0.15) is 53.4 Å². The van der Waals surface area contributed by atoms with E-state index in [1.807, 2.05) is 13.8 Å². The van der Waals surface area contributed by atoms with Crippen LogP contribution in [0.15, 0.2) is 0 Å². The van der Waals surface area contributed by atoms with Crippen molar-refractivity contribution in [2.75, 3.05) is 0 Å². The second-order valence-corrected chi connectivity index (χ2v) is 5.96. The van der Waals surface area contributed by atoms with E-state index in [0.717, 1.165) is 25.7 Å². The maximum Gasteiger partial charge on any atom is 0.0833 e. The number of aliphatic hydroxyl groups is 1. The Morgan fingerprint density at radius 1 is 1.29 bits per heavy atom. The number of hydrogen-bond acceptors (Lipinski definition) is 2. The molecule has 0 aliphatic heterocycles. The molecule has 0 aromatic rings. The van der Waals surface area contributed by atoms with E-state index in [1.165, 1.54) is 0 Å². The van der Waals surface area contributed by atoms with Crippen molar-refractivity contribution in [1.29, 1.82) is 5.26 Å². The molecule has 2 nitrogen and oxygen atoms in total. The zero-order valence-electron chi connectivity index (χ0n) is 9.72. The summed E-state index contributed by atoms with van der Waals surface area (Å²) < 4.78 is 0. The molecule has 0 aromatic heterocycles.